The van der Waals surface area contributed by atoms with Crippen molar-refractivity contribution in [3.63, 3.8) is 0 Å². The van der Waals surface area contributed by atoms with Crippen LogP contribution in [-0.4, -0.2) is 33.2 Å². The Morgan fingerprint density at radius 2 is 1.69 bits per heavy atom. The van der Waals surface area contributed by atoms with E-state index in [2.05, 4.69) is 5.32 Å². The van der Waals surface area contributed by atoms with Crippen LogP contribution in [0.2, 0.25) is 0 Å². The summed E-state index contributed by atoms with van der Waals surface area (Å²) in [5.41, 5.74) is 1.11. The van der Waals surface area contributed by atoms with Crippen molar-refractivity contribution in [3.05, 3.63) is 59.9 Å². The number of hydrogen-bond acceptors (Lipinski definition) is 4. The summed E-state index contributed by atoms with van der Waals surface area (Å²) >= 11 is 0. The zero-order valence-corrected chi connectivity index (χ0v) is 17.9. The van der Waals surface area contributed by atoms with E-state index in [-0.39, 0.29) is 18.2 Å². The molecule has 2 rings (SSSR count). The highest BCUT2D eigenvalue weighted by Crippen LogP contribution is 2.24. The monoisotopic (exact) mass is 422 g/mol. The second kappa shape index (κ2) is 9.73. The van der Waals surface area contributed by atoms with E-state index in [0.29, 0.717) is 6.61 Å². The molecule has 158 valence electrons. The van der Waals surface area contributed by atoms with E-state index in [1.54, 1.807) is 6.92 Å². The second-order valence-corrected chi connectivity index (χ2v) is 8.55. The summed E-state index contributed by atoms with van der Waals surface area (Å²) in [5.74, 6) is -0.173. The molecule has 2 atom stereocenters. The van der Waals surface area contributed by atoms with Crippen LogP contribution >= 0.6 is 0 Å². The number of ether oxygens (including phenoxy) is 1. The van der Waals surface area contributed by atoms with E-state index >= 15 is 0 Å². The van der Waals surface area contributed by atoms with Crippen LogP contribution in [0.3, 0.4) is 0 Å². The molecule has 0 radical (unpaired) electrons. The van der Waals surface area contributed by atoms with Gasteiger partial charge in [0.05, 0.1) is 24.6 Å². The van der Waals surface area contributed by atoms with Crippen LogP contribution in [0.25, 0.3) is 0 Å². The Balaban J connectivity index is 2.23. The molecule has 0 aliphatic heterocycles. The number of hydrogen-bond donors (Lipinski definition) is 1. The highest BCUT2D eigenvalue weighted by atomic mass is 32.2. The first-order chi connectivity index (χ1) is 13.7. The fraction of sp³-hybridized carbons (Fsp3) is 0.381. The molecule has 6 nitrogen and oxygen atoms in total. The van der Waals surface area contributed by atoms with Gasteiger partial charge in [0.15, 0.2) is 0 Å². The van der Waals surface area contributed by atoms with Gasteiger partial charge < -0.3 is 10.1 Å². The van der Waals surface area contributed by atoms with Crippen LogP contribution in [0.15, 0.2) is 48.5 Å². The molecule has 1 amide bonds. The second-order valence-electron chi connectivity index (χ2n) is 6.69. The van der Waals surface area contributed by atoms with Crippen molar-refractivity contribution in [1.29, 1.82) is 0 Å². The standard InChI is InChI=1S/C21H27FN2O4S/c1-5-20(24(29(4,26)27)18-11-9-17(22)10-12-18)21(25)23-15(3)16-7-13-19(14-8-16)28-6-2/h7-15,20H,5-6H2,1-4H3,(H,23,25)/t15-,20+/m1/s1. The Hall–Kier alpha value is -2.61. The van der Waals surface area contributed by atoms with Gasteiger partial charge in [-0.25, -0.2) is 12.8 Å². The van der Waals surface area contributed by atoms with Crippen molar-refractivity contribution < 1.29 is 22.3 Å². The van der Waals surface area contributed by atoms with Crippen LogP contribution in [0.4, 0.5) is 10.1 Å². The number of halogens is 1. The van der Waals surface area contributed by atoms with E-state index in [9.17, 15) is 17.6 Å². The summed E-state index contributed by atoms with van der Waals surface area (Å²) in [4.78, 5) is 12.9. The fourth-order valence-electron chi connectivity index (χ4n) is 3.06. The van der Waals surface area contributed by atoms with E-state index in [4.69, 9.17) is 4.74 Å². The number of nitrogens with one attached hydrogen (secondary N) is 1. The molecule has 1 N–H and O–H groups in total. The average Bonchev–Trinajstić information content (AvgIpc) is 2.66. The van der Waals surface area contributed by atoms with Gasteiger partial charge in [-0.3, -0.25) is 9.10 Å². The SMILES string of the molecule is CCOc1ccc([C@@H](C)NC(=O)[C@H](CC)N(c2ccc(F)cc2)S(C)(=O)=O)cc1. The molecular weight excluding hydrogens is 395 g/mol. The quantitative estimate of drug-likeness (QED) is 0.669. The van der Waals surface area contributed by atoms with Gasteiger partial charge >= 0.3 is 0 Å². The van der Waals surface area contributed by atoms with Crippen molar-refractivity contribution in [2.75, 3.05) is 17.2 Å². The molecule has 29 heavy (non-hydrogen) atoms. The van der Waals surface area contributed by atoms with Crippen molar-refractivity contribution in [2.24, 2.45) is 0 Å². The number of sulfonamides is 1. The minimum atomic E-state index is -3.77. The molecule has 0 aliphatic rings. The predicted octanol–water partition coefficient (Wildman–Crippen LogP) is 3.65. The summed E-state index contributed by atoms with van der Waals surface area (Å²) in [7, 11) is -3.77. The van der Waals surface area contributed by atoms with Gasteiger partial charge in [0.1, 0.15) is 17.6 Å². The number of rotatable bonds is 9. The zero-order chi connectivity index (χ0) is 21.6. The molecule has 0 aliphatic carbocycles. The molecule has 0 bridgehead atoms. The third-order valence-electron chi connectivity index (χ3n) is 4.46. The highest BCUT2D eigenvalue weighted by Gasteiger charge is 2.32. The van der Waals surface area contributed by atoms with Gasteiger partial charge in [-0.1, -0.05) is 19.1 Å². The van der Waals surface area contributed by atoms with Crippen molar-refractivity contribution >= 4 is 21.6 Å². The van der Waals surface area contributed by atoms with Crippen molar-refractivity contribution in [3.8, 4) is 5.75 Å². The van der Waals surface area contributed by atoms with E-state index in [1.807, 2.05) is 38.1 Å². The first-order valence-corrected chi connectivity index (χ1v) is 11.3. The maximum absolute atomic E-state index is 13.3. The van der Waals surface area contributed by atoms with E-state index in [0.717, 1.165) is 21.9 Å². The number of nitrogens with zero attached hydrogens (tertiary/aromatic N) is 1. The molecule has 2 aromatic rings. The molecule has 8 heteroatoms. The Morgan fingerprint density at radius 3 is 2.17 bits per heavy atom. The Morgan fingerprint density at radius 1 is 1.10 bits per heavy atom. The van der Waals surface area contributed by atoms with Gasteiger partial charge in [-0.2, -0.15) is 0 Å². The maximum atomic E-state index is 13.3. The van der Waals surface area contributed by atoms with Gasteiger partial charge in [-0.15, -0.1) is 0 Å². The zero-order valence-electron chi connectivity index (χ0n) is 17.1. The third kappa shape index (κ3) is 5.93. The Kier molecular flexibility index (Phi) is 7.61. The van der Waals surface area contributed by atoms with Gasteiger partial charge in [0.2, 0.25) is 15.9 Å². The lowest BCUT2D eigenvalue weighted by Crippen LogP contribution is -2.49. The van der Waals surface area contributed by atoms with Crippen molar-refractivity contribution in [1.82, 2.24) is 5.32 Å². The van der Waals surface area contributed by atoms with Crippen LogP contribution in [0, 0.1) is 5.82 Å². The van der Waals surface area contributed by atoms with Crippen LogP contribution < -0.4 is 14.4 Å². The molecule has 0 saturated carbocycles. The maximum Gasteiger partial charge on any atom is 0.244 e. The largest absolute Gasteiger partial charge is 0.494 e. The number of amides is 1. The normalized spacial score (nSPS) is 13.4. The number of benzene rings is 2. The van der Waals surface area contributed by atoms with Crippen LogP contribution in [0.5, 0.6) is 5.75 Å². The van der Waals surface area contributed by atoms with Crippen LogP contribution in [0.1, 0.15) is 38.8 Å². The third-order valence-corrected chi connectivity index (χ3v) is 5.64. The lowest BCUT2D eigenvalue weighted by Gasteiger charge is -2.31. The average molecular weight is 423 g/mol. The lowest BCUT2D eigenvalue weighted by atomic mass is 10.1. The molecule has 0 fully saturated rings. The molecule has 0 heterocycles. The smallest absolute Gasteiger partial charge is 0.244 e. The summed E-state index contributed by atoms with van der Waals surface area (Å²) < 4.78 is 44.5. The lowest BCUT2D eigenvalue weighted by molar-refractivity contribution is -0.122. The molecule has 0 saturated heterocycles. The summed E-state index contributed by atoms with van der Waals surface area (Å²) in [6.45, 7) is 6.02. The summed E-state index contributed by atoms with van der Waals surface area (Å²) in [6.07, 6.45) is 1.29. The van der Waals surface area contributed by atoms with Gasteiger partial charge in [0, 0.05) is 0 Å². The highest BCUT2D eigenvalue weighted by molar-refractivity contribution is 7.92. The molecule has 0 spiro atoms. The topological polar surface area (TPSA) is 75.7 Å². The van der Waals surface area contributed by atoms with E-state index in [1.165, 1.54) is 24.3 Å². The predicted molar refractivity (Wildman–Crippen MR) is 112 cm³/mol. The Labute approximate surface area is 171 Å². The molecule has 0 unspecified atom stereocenters. The number of carbonyl (C=O) groups is 1. The summed E-state index contributed by atoms with van der Waals surface area (Å²) in [5, 5.41) is 2.87. The first-order valence-electron chi connectivity index (χ1n) is 9.45. The number of anilines is 1. The summed E-state index contributed by atoms with van der Waals surface area (Å²) in [6, 6.07) is 11.1. The minimum absolute atomic E-state index is 0.240. The van der Waals surface area contributed by atoms with E-state index < -0.39 is 27.8 Å². The Bertz CT molecular complexity index is 915. The molecule has 0 aromatic heterocycles. The molecular formula is C21H27FN2O4S. The minimum Gasteiger partial charge on any atom is -0.494 e. The van der Waals surface area contributed by atoms with Gasteiger partial charge in [0.25, 0.3) is 0 Å². The molecule has 2 aromatic carbocycles. The van der Waals surface area contributed by atoms with Gasteiger partial charge in [-0.05, 0) is 62.2 Å². The van der Waals surface area contributed by atoms with Crippen molar-refractivity contribution in [2.45, 2.75) is 39.3 Å². The fourth-order valence-corrected chi connectivity index (χ4v) is 4.27. The van der Waals surface area contributed by atoms with Crippen LogP contribution in [-0.2, 0) is 14.8 Å². The number of carbonyl (C=O) groups excluding carboxylic acids is 1. The first kappa shape index (κ1) is 22.7.